The SMILES string of the molecule is CCN(CC)C(=O)[C@@H]1C=C2c3cccc4c3C(O)(C[C@H]2N(C)C1)C(=O)N4. The van der Waals surface area contributed by atoms with Crippen molar-refractivity contribution in [3.63, 3.8) is 0 Å². The number of carbonyl (C=O) groups is 2. The van der Waals surface area contributed by atoms with E-state index in [9.17, 15) is 14.7 Å². The number of hydrogen-bond donors (Lipinski definition) is 2. The molecule has 1 aliphatic carbocycles. The molecule has 2 amide bonds. The Labute approximate surface area is 153 Å². The van der Waals surface area contributed by atoms with E-state index in [0.29, 0.717) is 37.3 Å². The van der Waals surface area contributed by atoms with Gasteiger partial charge in [0.25, 0.3) is 5.91 Å². The molecule has 26 heavy (non-hydrogen) atoms. The summed E-state index contributed by atoms with van der Waals surface area (Å²) in [5, 5.41) is 13.9. The number of fused-ring (bicyclic) bond motifs is 2. The number of anilines is 1. The Hall–Kier alpha value is -2.18. The van der Waals surface area contributed by atoms with Crippen molar-refractivity contribution < 1.29 is 14.7 Å². The summed E-state index contributed by atoms with van der Waals surface area (Å²) in [5.74, 6) is -0.428. The minimum absolute atomic E-state index is 0.0765. The molecule has 0 saturated heterocycles. The molecule has 0 aromatic heterocycles. The third kappa shape index (κ3) is 2.25. The average Bonchev–Trinajstić information content (AvgIpc) is 2.88. The van der Waals surface area contributed by atoms with Gasteiger partial charge in [0.2, 0.25) is 5.91 Å². The smallest absolute Gasteiger partial charge is 0.261 e. The van der Waals surface area contributed by atoms with Crippen molar-refractivity contribution in [1.29, 1.82) is 0 Å². The van der Waals surface area contributed by atoms with Crippen LogP contribution < -0.4 is 5.32 Å². The monoisotopic (exact) mass is 355 g/mol. The van der Waals surface area contributed by atoms with E-state index in [1.165, 1.54) is 0 Å². The van der Waals surface area contributed by atoms with Crippen molar-refractivity contribution in [2.24, 2.45) is 5.92 Å². The summed E-state index contributed by atoms with van der Waals surface area (Å²) < 4.78 is 0. The summed E-state index contributed by atoms with van der Waals surface area (Å²) in [6.07, 6.45) is 2.38. The molecule has 0 saturated carbocycles. The highest BCUT2D eigenvalue weighted by Crippen LogP contribution is 2.51. The molecular formula is C20H25N3O3. The van der Waals surface area contributed by atoms with Crippen molar-refractivity contribution >= 4 is 23.1 Å². The van der Waals surface area contributed by atoms with Gasteiger partial charge in [-0.15, -0.1) is 0 Å². The van der Waals surface area contributed by atoms with Gasteiger partial charge in [0.1, 0.15) is 0 Å². The van der Waals surface area contributed by atoms with Crippen LogP contribution in [0.1, 0.15) is 31.4 Å². The van der Waals surface area contributed by atoms with Crippen LogP contribution in [0.15, 0.2) is 24.3 Å². The molecule has 2 N–H and O–H groups in total. The molecule has 6 heteroatoms. The average molecular weight is 355 g/mol. The van der Waals surface area contributed by atoms with E-state index in [-0.39, 0.29) is 23.8 Å². The van der Waals surface area contributed by atoms with Gasteiger partial charge in [-0.05, 0) is 38.1 Å². The van der Waals surface area contributed by atoms with Crippen molar-refractivity contribution in [2.45, 2.75) is 31.9 Å². The van der Waals surface area contributed by atoms with Gasteiger partial charge in [-0.1, -0.05) is 18.2 Å². The predicted molar refractivity (Wildman–Crippen MR) is 99.4 cm³/mol. The molecule has 0 radical (unpaired) electrons. The number of aliphatic hydroxyl groups is 1. The minimum atomic E-state index is -1.49. The molecule has 2 heterocycles. The second-order valence-electron chi connectivity index (χ2n) is 7.44. The molecule has 0 fully saturated rings. The van der Waals surface area contributed by atoms with Gasteiger partial charge in [-0.25, -0.2) is 0 Å². The third-order valence-electron chi connectivity index (χ3n) is 6.05. The zero-order valence-electron chi connectivity index (χ0n) is 15.5. The molecule has 2 aliphatic heterocycles. The summed E-state index contributed by atoms with van der Waals surface area (Å²) >= 11 is 0. The number of rotatable bonds is 3. The number of nitrogens with one attached hydrogen (secondary N) is 1. The van der Waals surface area contributed by atoms with Crippen LogP contribution in [0.25, 0.3) is 5.57 Å². The lowest BCUT2D eigenvalue weighted by Crippen LogP contribution is -2.51. The maximum atomic E-state index is 12.9. The van der Waals surface area contributed by atoms with E-state index in [1.54, 1.807) is 0 Å². The van der Waals surface area contributed by atoms with Crippen LogP contribution >= 0.6 is 0 Å². The lowest BCUT2D eigenvalue weighted by molar-refractivity contribution is -0.137. The first kappa shape index (κ1) is 17.2. The van der Waals surface area contributed by atoms with Gasteiger partial charge in [0.05, 0.1) is 5.92 Å². The summed E-state index contributed by atoms with van der Waals surface area (Å²) in [6, 6.07) is 5.58. The number of benzene rings is 1. The highest BCUT2D eigenvalue weighted by atomic mass is 16.3. The third-order valence-corrected chi connectivity index (χ3v) is 6.05. The van der Waals surface area contributed by atoms with Crippen molar-refractivity contribution in [1.82, 2.24) is 9.80 Å². The minimum Gasteiger partial charge on any atom is -0.375 e. The Bertz CT molecular complexity index is 815. The zero-order chi connectivity index (χ0) is 18.6. The Morgan fingerprint density at radius 1 is 1.38 bits per heavy atom. The van der Waals surface area contributed by atoms with E-state index in [0.717, 1.165) is 11.1 Å². The molecule has 1 unspecified atom stereocenters. The highest BCUT2D eigenvalue weighted by molar-refractivity contribution is 6.08. The van der Waals surface area contributed by atoms with Crippen molar-refractivity contribution in [3.8, 4) is 0 Å². The Morgan fingerprint density at radius 2 is 2.12 bits per heavy atom. The molecule has 138 valence electrons. The van der Waals surface area contributed by atoms with Gasteiger partial charge in [-0.3, -0.25) is 14.5 Å². The second-order valence-corrected chi connectivity index (χ2v) is 7.44. The van der Waals surface area contributed by atoms with Crippen LogP contribution in [0.2, 0.25) is 0 Å². The van der Waals surface area contributed by atoms with Crippen LogP contribution in [0.3, 0.4) is 0 Å². The van der Waals surface area contributed by atoms with Gasteiger partial charge in [-0.2, -0.15) is 0 Å². The van der Waals surface area contributed by atoms with Crippen LogP contribution in [0.5, 0.6) is 0 Å². The molecule has 1 aromatic rings. The first-order chi connectivity index (χ1) is 12.4. The molecule has 4 rings (SSSR count). The fourth-order valence-corrected chi connectivity index (χ4v) is 4.67. The molecule has 0 bridgehead atoms. The van der Waals surface area contributed by atoms with E-state index in [1.807, 2.05) is 44.0 Å². The van der Waals surface area contributed by atoms with E-state index >= 15 is 0 Å². The standard InChI is InChI=1S/C20H25N3O3/c1-4-23(5-2)18(24)12-9-14-13-7-6-8-15-17(13)20(26,19(25)21-15)10-16(14)22(3)11-12/h6-9,12,16,26H,4-5,10-11H2,1-3H3,(H,21,25)/t12-,16-,20?/m1/s1. The summed E-state index contributed by atoms with van der Waals surface area (Å²) in [6.45, 7) is 5.97. The summed E-state index contributed by atoms with van der Waals surface area (Å²) in [4.78, 5) is 29.3. The predicted octanol–water partition coefficient (Wildman–Crippen LogP) is 1.41. The molecule has 1 aromatic carbocycles. The zero-order valence-corrected chi connectivity index (χ0v) is 15.5. The Kier molecular flexibility index (Phi) is 3.93. The normalized spacial score (nSPS) is 29.5. The summed E-state index contributed by atoms with van der Waals surface area (Å²) in [7, 11) is 1.96. The maximum absolute atomic E-state index is 12.9. The highest BCUT2D eigenvalue weighted by Gasteiger charge is 2.53. The molecule has 0 spiro atoms. The van der Waals surface area contributed by atoms with E-state index < -0.39 is 5.60 Å². The maximum Gasteiger partial charge on any atom is 0.261 e. The lowest BCUT2D eigenvalue weighted by Gasteiger charge is -2.44. The van der Waals surface area contributed by atoms with E-state index in [2.05, 4.69) is 16.3 Å². The largest absolute Gasteiger partial charge is 0.375 e. The quantitative estimate of drug-likeness (QED) is 0.860. The van der Waals surface area contributed by atoms with Gasteiger partial charge in [0, 0.05) is 43.3 Å². The number of nitrogens with zero attached hydrogens (tertiary/aromatic N) is 2. The molecular weight excluding hydrogens is 330 g/mol. The fourth-order valence-electron chi connectivity index (χ4n) is 4.67. The Balaban J connectivity index is 1.82. The number of likely N-dealkylation sites (N-methyl/N-ethyl adjacent to an activating group) is 1. The van der Waals surface area contributed by atoms with Gasteiger partial charge < -0.3 is 15.3 Å². The van der Waals surface area contributed by atoms with Crippen LogP contribution in [0, 0.1) is 5.92 Å². The number of hydrogen-bond acceptors (Lipinski definition) is 4. The topological polar surface area (TPSA) is 72.9 Å². The summed E-state index contributed by atoms with van der Waals surface area (Å²) in [5.41, 5.74) is 1.77. The van der Waals surface area contributed by atoms with Gasteiger partial charge >= 0.3 is 0 Å². The molecule has 3 aliphatic rings. The van der Waals surface area contributed by atoms with Crippen LogP contribution in [0.4, 0.5) is 5.69 Å². The molecule has 6 nitrogen and oxygen atoms in total. The van der Waals surface area contributed by atoms with Crippen molar-refractivity contribution in [2.75, 3.05) is 32.0 Å². The van der Waals surface area contributed by atoms with E-state index in [4.69, 9.17) is 0 Å². The van der Waals surface area contributed by atoms with Crippen LogP contribution in [-0.4, -0.2) is 59.4 Å². The Morgan fingerprint density at radius 3 is 2.81 bits per heavy atom. The number of amides is 2. The second kappa shape index (κ2) is 5.93. The van der Waals surface area contributed by atoms with Gasteiger partial charge in [0.15, 0.2) is 5.60 Å². The number of carbonyl (C=O) groups excluding carboxylic acids is 2. The first-order valence-corrected chi connectivity index (χ1v) is 9.29. The van der Waals surface area contributed by atoms with Crippen molar-refractivity contribution in [3.05, 3.63) is 35.4 Å². The van der Waals surface area contributed by atoms with Crippen LogP contribution in [-0.2, 0) is 15.2 Å². The first-order valence-electron chi connectivity index (χ1n) is 9.29. The lowest BCUT2D eigenvalue weighted by atomic mass is 9.72. The fraction of sp³-hybridized carbons (Fsp3) is 0.500. The molecule has 3 atom stereocenters.